The number of ether oxygens (including phenoxy) is 1. The second-order valence-electron chi connectivity index (χ2n) is 9.35. The lowest BCUT2D eigenvalue weighted by Gasteiger charge is -2.24. The maximum atomic E-state index is 12.7. The summed E-state index contributed by atoms with van der Waals surface area (Å²) in [6, 6.07) is 57.4. The third-order valence-electron chi connectivity index (χ3n) is 6.83. The molecule has 0 atom stereocenters. The number of rotatable bonds is 8. The van der Waals surface area contributed by atoms with Gasteiger partial charge in [-0.15, -0.1) is 0 Å². The highest BCUT2D eigenvalue weighted by Crippen LogP contribution is 2.53. The van der Waals surface area contributed by atoms with Crippen molar-refractivity contribution in [2.45, 2.75) is 0 Å². The fourth-order valence-electron chi connectivity index (χ4n) is 4.95. The van der Waals surface area contributed by atoms with Gasteiger partial charge in [0.05, 0.1) is 0 Å². The van der Waals surface area contributed by atoms with Crippen molar-refractivity contribution in [2.75, 3.05) is 0 Å². The third kappa shape index (κ3) is 5.23. The van der Waals surface area contributed by atoms with Gasteiger partial charge in [0, 0.05) is 5.30 Å². The molecule has 6 rings (SSSR count). The van der Waals surface area contributed by atoms with Gasteiger partial charge in [-0.05, 0) is 61.0 Å². The summed E-state index contributed by atoms with van der Waals surface area (Å²) in [4.78, 5) is 12.7. The van der Waals surface area contributed by atoms with Crippen molar-refractivity contribution >= 4 is 47.2 Å². The van der Waals surface area contributed by atoms with Crippen LogP contribution in [-0.4, -0.2) is 4.89 Å². The van der Waals surface area contributed by atoms with Gasteiger partial charge in [0.25, 0.3) is 0 Å². The summed E-state index contributed by atoms with van der Waals surface area (Å²) < 4.78 is 6.84. The van der Waals surface area contributed by atoms with E-state index in [-0.39, 0.29) is 0 Å². The summed E-state index contributed by atoms with van der Waals surface area (Å²) in [6.45, 7) is 0. The normalized spacial score (nSPS) is 11.3. The SMILES string of the molecule is O[P+](c1ccccc1)(c1ccccc1)c1ccccc1Oc1ccccc1P(c1ccccc1)c1ccccc1. The van der Waals surface area contributed by atoms with E-state index in [2.05, 4.69) is 72.8 Å². The van der Waals surface area contributed by atoms with Crippen LogP contribution in [0, 0.1) is 0 Å². The van der Waals surface area contributed by atoms with Crippen LogP contribution in [0.5, 0.6) is 11.5 Å². The van der Waals surface area contributed by atoms with E-state index in [0.717, 1.165) is 27.0 Å². The van der Waals surface area contributed by atoms with Crippen molar-refractivity contribution in [3.63, 3.8) is 0 Å². The first-order valence-electron chi connectivity index (χ1n) is 13.2. The van der Waals surface area contributed by atoms with E-state index in [1.807, 2.05) is 97.1 Å². The number of hydrogen-bond acceptors (Lipinski definition) is 2. The Bertz CT molecular complexity index is 1600. The van der Waals surface area contributed by atoms with Gasteiger partial charge >= 0.3 is 0 Å². The third-order valence-corrected chi connectivity index (χ3v) is 12.5. The molecule has 0 unspecified atom stereocenters. The van der Waals surface area contributed by atoms with Crippen molar-refractivity contribution in [2.24, 2.45) is 0 Å². The van der Waals surface area contributed by atoms with Gasteiger partial charge < -0.3 is 4.74 Å². The van der Waals surface area contributed by atoms with Gasteiger partial charge in [0.2, 0.25) is 7.49 Å². The lowest BCUT2D eigenvalue weighted by molar-refractivity contribution is 0.489. The highest BCUT2D eigenvalue weighted by Gasteiger charge is 2.46. The van der Waals surface area contributed by atoms with Crippen LogP contribution >= 0.6 is 15.4 Å². The van der Waals surface area contributed by atoms with Gasteiger partial charge in [0.15, 0.2) is 11.1 Å². The highest BCUT2D eigenvalue weighted by molar-refractivity contribution is 7.91. The van der Waals surface area contributed by atoms with E-state index in [1.54, 1.807) is 0 Å². The maximum absolute atomic E-state index is 12.7. The first-order valence-corrected chi connectivity index (χ1v) is 16.3. The number of hydrogen-bond donors (Lipinski definition) is 1. The summed E-state index contributed by atoms with van der Waals surface area (Å²) in [5, 5.41) is 6.22. The molecule has 6 aromatic carbocycles. The molecule has 0 saturated carbocycles. The van der Waals surface area contributed by atoms with Gasteiger partial charge in [0.1, 0.15) is 16.4 Å². The molecular weight excluding hydrogens is 526 g/mol. The molecule has 0 amide bonds. The van der Waals surface area contributed by atoms with Gasteiger partial charge in [-0.2, -0.15) is 0 Å². The molecule has 1 N–H and O–H groups in total. The van der Waals surface area contributed by atoms with Crippen LogP contribution in [0.25, 0.3) is 0 Å². The van der Waals surface area contributed by atoms with Gasteiger partial charge in [-0.25, -0.2) is 4.89 Å². The van der Waals surface area contributed by atoms with Crippen molar-refractivity contribution in [1.29, 1.82) is 0 Å². The molecule has 0 aliphatic heterocycles. The summed E-state index contributed by atoms with van der Waals surface area (Å²) in [7, 11) is -3.84. The Kier molecular flexibility index (Phi) is 7.85. The smallest absolute Gasteiger partial charge is 0.242 e. The molecule has 0 fully saturated rings. The largest absolute Gasteiger partial charge is 0.452 e. The van der Waals surface area contributed by atoms with Crippen LogP contribution in [0.4, 0.5) is 0 Å². The molecule has 2 nitrogen and oxygen atoms in total. The topological polar surface area (TPSA) is 29.5 Å². The minimum Gasteiger partial charge on any atom is -0.452 e. The molecule has 0 radical (unpaired) electrons. The van der Waals surface area contributed by atoms with Crippen molar-refractivity contribution in [1.82, 2.24) is 0 Å². The maximum Gasteiger partial charge on any atom is 0.242 e. The Balaban J connectivity index is 1.50. The Morgan fingerprint density at radius 2 is 0.825 bits per heavy atom. The van der Waals surface area contributed by atoms with E-state index in [9.17, 15) is 4.89 Å². The first-order chi connectivity index (χ1) is 19.7. The van der Waals surface area contributed by atoms with E-state index < -0.39 is 15.4 Å². The van der Waals surface area contributed by atoms with Gasteiger partial charge in [-0.3, -0.25) is 0 Å². The van der Waals surface area contributed by atoms with Gasteiger partial charge in [-0.1, -0.05) is 127 Å². The standard InChI is InChI=1S/C36H29O2P2/c37-40(31-21-9-3-10-22-31,32-23-11-4-12-24-32)36-28-16-14-26-34(36)38-33-25-13-15-27-35(33)39(29-17-5-1-6-18-29)30-19-7-2-8-20-30/h1-28,37H/q+1. The zero-order valence-electron chi connectivity index (χ0n) is 21.9. The fourth-order valence-corrected chi connectivity index (χ4v) is 10.1. The van der Waals surface area contributed by atoms with E-state index >= 15 is 0 Å². The number of para-hydroxylation sites is 2. The minimum absolute atomic E-state index is 0.662. The molecule has 40 heavy (non-hydrogen) atoms. The van der Waals surface area contributed by atoms with Crippen LogP contribution in [0.2, 0.25) is 0 Å². The summed E-state index contributed by atoms with van der Waals surface area (Å²) >= 11 is 0. The lowest BCUT2D eigenvalue weighted by atomic mass is 10.3. The Hall–Kier alpha value is -4.06. The molecule has 4 heteroatoms. The summed E-state index contributed by atoms with van der Waals surface area (Å²) in [5.41, 5.74) is 0. The Labute approximate surface area is 237 Å². The van der Waals surface area contributed by atoms with Crippen LogP contribution in [0.1, 0.15) is 0 Å². The number of benzene rings is 6. The molecule has 0 aliphatic rings. The highest BCUT2D eigenvalue weighted by atomic mass is 31.2. The van der Waals surface area contributed by atoms with E-state index in [0.29, 0.717) is 5.75 Å². The molecular formula is C36H29O2P2+. The molecule has 0 aliphatic carbocycles. The molecule has 0 heterocycles. The summed E-state index contributed by atoms with van der Waals surface area (Å²) in [5.74, 6) is 1.45. The van der Waals surface area contributed by atoms with E-state index in [4.69, 9.17) is 4.74 Å². The molecule has 0 bridgehead atoms. The zero-order chi connectivity index (χ0) is 27.2. The van der Waals surface area contributed by atoms with Crippen LogP contribution in [-0.2, 0) is 0 Å². The van der Waals surface area contributed by atoms with Crippen molar-refractivity contribution in [3.05, 3.63) is 170 Å². The lowest BCUT2D eigenvalue weighted by Crippen LogP contribution is -2.31. The fraction of sp³-hybridized carbons (Fsp3) is 0. The second-order valence-corrected chi connectivity index (χ2v) is 14.3. The molecule has 0 spiro atoms. The van der Waals surface area contributed by atoms with Crippen LogP contribution in [0.15, 0.2) is 170 Å². The van der Waals surface area contributed by atoms with E-state index in [1.165, 1.54) is 10.6 Å². The Morgan fingerprint density at radius 1 is 0.425 bits per heavy atom. The monoisotopic (exact) mass is 555 g/mol. The predicted molar refractivity (Wildman–Crippen MR) is 173 cm³/mol. The second kappa shape index (κ2) is 12.0. The minimum atomic E-state index is -2.98. The molecule has 0 saturated heterocycles. The average Bonchev–Trinajstić information content (AvgIpc) is 3.04. The van der Waals surface area contributed by atoms with Crippen LogP contribution < -0.4 is 36.6 Å². The first kappa shape index (κ1) is 26.2. The van der Waals surface area contributed by atoms with Crippen molar-refractivity contribution in [3.8, 4) is 11.5 Å². The molecule has 194 valence electrons. The van der Waals surface area contributed by atoms with Crippen molar-refractivity contribution < 1.29 is 9.63 Å². The molecule has 0 aromatic heterocycles. The van der Waals surface area contributed by atoms with Crippen LogP contribution in [0.3, 0.4) is 0 Å². The zero-order valence-corrected chi connectivity index (χ0v) is 23.7. The average molecular weight is 556 g/mol. The molecule has 6 aromatic rings. The quantitative estimate of drug-likeness (QED) is 0.219. The summed E-state index contributed by atoms with van der Waals surface area (Å²) in [6.07, 6.45) is 0. The Morgan fingerprint density at radius 3 is 1.35 bits per heavy atom. The predicted octanol–water partition coefficient (Wildman–Crippen LogP) is 6.44.